The highest BCUT2D eigenvalue weighted by Crippen LogP contribution is 2.38. The summed E-state index contributed by atoms with van der Waals surface area (Å²) in [5.74, 6) is 0. The number of allylic oxidation sites excluding steroid dienone is 2. The first-order chi connectivity index (χ1) is 15.7. The molecule has 0 bridgehead atoms. The van der Waals surface area contributed by atoms with Gasteiger partial charge < -0.3 is 0 Å². The third kappa shape index (κ3) is 6.59. The van der Waals surface area contributed by atoms with Gasteiger partial charge in [-0.05, 0) is 84.8 Å². The van der Waals surface area contributed by atoms with Crippen LogP contribution >= 0.6 is 11.9 Å². The molecule has 1 N–H and O–H groups in total. The summed E-state index contributed by atoms with van der Waals surface area (Å²) in [6.07, 6.45) is -2.63. The number of alkyl halides is 3. The van der Waals surface area contributed by atoms with Crippen molar-refractivity contribution in [1.29, 1.82) is 0 Å². The monoisotopic (exact) mass is 468 g/mol. The summed E-state index contributed by atoms with van der Waals surface area (Å²) in [6.45, 7) is 5.96. The number of nitrogens with one attached hydrogen (secondary N) is 1. The number of nitrogens with zero attached hydrogens (tertiary/aromatic N) is 1. The molecule has 0 atom stereocenters. The Balaban J connectivity index is 1.91. The molecule has 0 unspecified atom stereocenters. The first-order valence-electron chi connectivity index (χ1n) is 10.6. The van der Waals surface area contributed by atoms with Gasteiger partial charge in [0.1, 0.15) is 0 Å². The Bertz CT molecular complexity index is 1130. The Hall–Kier alpha value is -2.83. The minimum absolute atomic E-state index is 0.173. The lowest BCUT2D eigenvalue weighted by Crippen LogP contribution is -2.13. The SMILES string of the molecule is CN=C(/C=C(\C)c1ccc(-c2ccccc2)c(C(F)(F)F)c1)c1ccc(SNC(C)C)cc1. The molecular weight excluding hydrogens is 441 g/mol. The van der Waals surface area contributed by atoms with Crippen molar-refractivity contribution in [2.24, 2.45) is 4.99 Å². The highest BCUT2D eigenvalue weighted by molar-refractivity contribution is 7.97. The van der Waals surface area contributed by atoms with E-state index in [1.54, 1.807) is 68.4 Å². The second-order valence-electron chi connectivity index (χ2n) is 7.96. The van der Waals surface area contributed by atoms with Crippen LogP contribution in [0.1, 0.15) is 37.5 Å². The zero-order chi connectivity index (χ0) is 24.0. The molecule has 3 aromatic rings. The lowest BCUT2D eigenvalue weighted by atomic mass is 9.94. The first-order valence-corrected chi connectivity index (χ1v) is 11.5. The molecule has 0 aromatic heterocycles. The molecule has 0 fully saturated rings. The summed E-state index contributed by atoms with van der Waals surface area (Å²) in [6, 6.07) is 21.4. The van der Waals surface area contributed by atoms with Crippen molar-refractivity contribution in [3.05, 3.63) is 95.6 Å². The van der Waals surface area contributed by atoms with Crippen molar-refractivity contribution in [1.82, 2.24) is 4.72 Å². The van der Waals surface area contributed by atoms with Crippen molar-refractivity contribution in [3.63, 3.8) is 0 Å². The van der Waals surface area contributed by atoms with Gasteiger partial charge in [-0.3, -0.25) is 9.71 Å². The van der Waals surface area contributed by atoms with Crippen LogP contribution < -0.4 is 4.72 Å². The molecular formula is C27H27F3N2S. The molecule has 0 aliphatic heterocycles. The third-order valence-corrected chi connectivity index (χ3v) is 6.12. The molecule has 0 saturated carbocycles. The molecule has 2 nitrogen and oxygen atoms in total. The summed E-state index contributed by atoms with van der Waals surface area (Å²) in [4.78, 5) is 5.44. The van der Waals surface area contributed by atoms with Crippen LogP contribution in [-0.4, -0.2) is 18.8 Å². The van der Waals surface area contributed by atoms with Gasteiger partial charge in [0.05, 0.1) is 11.3 Å². The molecule has 0 aliphatic carbocycles. The number of rotatable bonds is 7. The standard InChI is InChI=1S/C27H27F3N2S/c1-18(2)32-33-23-13-10-21(11-14-23)26(31-4)16-19(3)22-12-15-24(20-8-6-5-7-9-20)25(17-22)27(28,29)30/h5-18,32H,1-4H3/b19-16+,31-26?. The molecule has 0 aliphatic rings. The Morgan fingerprint density at radius 3 is 2.15 bits per heavy atom. The van der Waals surface area contributed by atoms with Crippen LogP contribution in [0.2, 0.25) is 0 Å². The average molecular weight is 469 g/mol. The first kappa shape index (κ1) is 24.8. The van der Waals surface area contributed by atoms with Crippen molar-refractivity contribution in [2.45, 2.75) is 37.9 Å². The summed E-state index contributed by atoms with van der Waals surface area (Å²) < 4.78 is 44.9. The van der Waals surface area contributed by atoms with Crippen LogP contribution in [0, 0.1) is 0 Å². The van der Waals surface area contributed by atoms with Gasteiger partial charge in [0.15, 0.2) is 0 Å². The van der Waals surface area contributed by atoms with E-state index >= 15 is 0 Å². The zero-order valence-electron chi connectivity index (χ0n) is 19.1. The van der Waals surface area contributed by atoms with Crippen molar-refractivity contribution >= 4 is 23.2 Å². The predicted molar refractivity (Wildman–Crippen MR) is 134 cm³/mol. The average Bonchev–Trinajstić information content (AvgIpc) is 2.81. The van der Waals surface area contributed by atoms with Crippen LogP contribution in [0.3, 0.4) is 0 Å². The van der Waals surface area contributed by atoms with E-state index in [2.05, 4.69) is 23.6 Å². The lowest BCUT2D eigenvalue weighted by molar-refractivity contribution is -0.137. The maximum Gasteiger partial charge on any atom is 0.417 e. The maximum absolute atomic E-state index is 13.9. The normalized spacial score (nSPS) is 13.0. The number of aliphatic imine (C=N–C) groups is 1. The van der Waals surface area contributed by atoms with E-state index in [-0.39, 0.29) is 5.56 Å². The largest absolute Gasteiger partial charge is 0.417 e. The van der Waals surface area contributed by atoms with Crippen LogP contribution in [0.25, 0.3) is 16.7 Å². The molecule has 0 radical (unpaired) electrons. The fourth-order valence-corrected chi connectivity index (χ4v) is 3.98. The molecule has 0 spiro atoms. The number of halogens is 3. The second kappa shape index (κ2) is 10.9. The Morgan fingerprint density at radius 1 is 0.939 bits per heavy atom. The molecule has 0 heterocycles. The van der Waals surface area contributed by atoms with Crippen LogP contribution in [-0.2, 0) is 6.18 Å². The van der Waals surface area contributed by atoms with Crippen molar-refractivity contribution in [3.8, 4) is 11.1 Å². The number of hydrogen-bond acceptors (Lipinski definition) is 3. The Morgan fingerprint density at radius 2 is 1.58 bits per heavy atom. The summed E-state index contributed by atoms with van der Waals surface area (Å²) in [5, 5.41) is 0. The molecule has 3 rings (SSSR count). The zero-order valence-corrected chi connectivity index (χ0v) is 19.9. The van der Waals surface area contributed by atoms with Gasteiger partial charge in [0.2, 0.25) is 0 Å². The fraction of sp³-hybridized carbons (Fsp3) is 0.222. The topological polar surface area (TPSA) is 24.4 Å². The predicted octanol–water partition coefficient (Wildman–Crippen LogP) is 7.90. The van der Waals surface area contributed by atoms with Gasteiger partial charge >= 0.3 is 6.18 Å². The number of hydrogen-bond donors (Lipinski definition) is 1. The maximum atomic E-state index is 13.9. The minimum atomic E-state index is -4.46. The van der Waals surface area contributed by atoms with Gasteiger partial charge in [-0.2, -0.15) is 13.2 Å². The Kier molecular flexibility index (Phi) is 8.16. The fourth-order valence-electron chi connectivity index (χ4n) is 3.34. The Labute approximate surface area is 197 Å². The second-order valence-corrected chi connectivity index (χ2v) is 8.87. The van der Waals surface area contributed by atoms with E-state index in [4.69, 9.17) is 0 Å². The third-order valence-electron chi connectivity index (χ3n) is 5.02. The van der Waals surface area contributed by atoms with E-state index in [1.807, 2.05) is 30.3 Å². The van der Waals surface area contributed by atoms with Crippen LogP contribution in [0.4, 0.5) is 13.2 Å². The summed E-state index contributed by atoms with van der Waals surface area (Å²) in [5.41, 5.74) is 2.90. The van der Waals surface area contributed by atoms with E-state index in [0.717, 1.165) is 10.5 Å². The van der Waals surface area contributed by atoms with Crippen molar-refractivity contribution in [2.75, 3.05) is 7.05 Å². The molecule has 0 amide bonds. The molecule has 33 heavy (non-hydrogen) atoms. The summed E-state index contributed by atoms with van der Waals surface area (Å²) in [7, 11) is 1.68. The molecule has 3 aromatic carbocycles. The van der Waals surface area contributed by atoms with Crippen LogP contribution in [0.5, 0.6) is 0 Å². The number of benzene rings is 3. The van der Waals surface area contributed by atoms with Gasteiger partial charge in [-0.15, -0.1) is 0 Å². The van der Waals surface area contributed by atoms with Gasteiger partial charge in [0.25, 0.3) is 0 Å². The highest BCUT2D eigenvalue weighted by Gasteiger charge is 2.34. The smallest absolute Gasteiger partial charge is 0.288 e. The highest BCUT2D eigenvalue weighted by atomic mass is 32.2. The molecule has 172 valence electrons. The van der Waals surface area contributed by atoms with E-state index in [0.29, 0.717) is 28.5 Å². The van der Waals surface area contributed by atoms with Crippen molar-refractivity contribution < 1.29 is 13.2 Å². The van der Waals surface area contributed by atoms with Gasteiger partial charge in [-0.25, -0.2) is 0 Å². The van der Waals surface area contributed by atoms with Gasteiger partial charge in [0, 0.05) is 18.0 Å². The van der Waals surface area contributed by atoms with E-state index in [1.165, 1.54) is 6.07 Å². The van der Waals surface area contributed by atoms with Gasteiger partial charge in [-0.1, -0.05) is 54.6 Å². The minimum Gasteiger partial charge on any atom is -0.288 e. The van der Waals surface area contributed by atoms with E-state index < -0.39 is 11.7 Å². The lowest BCUT2D eigenvalue weighted by Gasteiger charge is -2.15. The quantitative estimate of drug-likeness (QED) is 0.281. The summed E-state index contributed by atoms with van der Waals surface area (Å²) >= 11 is 1.56. The molecule has 6 heteroatoms. The molecule has 0 saturated heterocycles. The van der Waals surface area contributed by atoms with Crippen LogP contribution in [0.15, 0.2) is 88.8 Å². The van der Waals surface area contributed by atoms with E-state index in [9.17, 15) is 13.2 Å².